The number of aromatic nitrogens is 2. The fraction of sp³-hybridized carbons (Fsp3) is 0. The van der Waals surface area contributed by atoms with Gasteiger partial charge in [0, 0.05) is 49.8 Å². The van der Waals surface area contributed by atoms with E-state index in [0.29, 0.717) is 0 Å². The van der Waals surface area contributed by atoms with E-state index in [1.165, 1.54) is 54.7 Å². The van der Waals surface area contributed by atoms with Crippen LogP contribution in [0.3, 0.4) is 0 Å². The highest BCUT2D eigenvalue weighted by molar-refractivity contribution is 6.19. The molecule has 0 unspecified atom stereocenters. The zero-order valence-electron chi connectivity index (χ0n) is 24.3. The van der Waals surface area contributed by atoms with Gasteiger partial charge in [-0.05, 0) is 65.7 Å². The average Bonchev–Trinajstić information content (AvgIpc) is 3.74. The van der Waals surface area contributed by atoms with Crippen molar-refractivity contribution in [3.05, 3.63) is 158 Å². The van der Waals surface area contributed by atoms with Gasteiger partial charge in [-0.1, -0.05) is 97.1 Å². The second kappa shape index (κ2) is 9.22. The molecular weight excluding hydrogens is 548 g/mol. The highest BCUT2D eigenvalue weighted by Crippen LogP contribution is 2.40. The lowest BCUT2D eigenvalue weighted by Gasteiger charge is -2.11. The second-order valence-electron chi connectivity index (χ2n) is 11.8. The largest absolute Gasteiger partial charge is 0.456 e. The molecule has 0 aliphatic carbocycles. The van der Waals surface area contributed by atoms with Crippen molar-refractivity contribution in [3.8, 4) is 22.5 Å². The lowest BCUT2D eigenvalue weighted by Crippen LogP contribution is -1.96. The average molecular weight is 575 g/mol. The topological polar surface area (TPSA) is 23.0 Å². The minimum absolute atomic E-state index is 0.896. The van der Waals surface area contributed by atoms with Gasteiger partial charge in [-0.2, -0.15) is 0 Å². The Balaban J connectivity index is 1.29. The van der Waals surface area contributed by atoms with Crippen molar-refractivity contribution in [3.63, 3.8) is 0 Å². The molecule has 45 heavy (non-hydrogen) atoms. The Hall–Kier alpha value is -6.06. The van der Waals surface area contributed by atoms with Gasteiger partial charge in [-0.25, -0.2) is 0 Å². The molecule has 0 amide bonds. The van der Waals surface area contributed by atoms with Crippen LogP contribution >= 0.6 is 0 Å². The summed E-state index contributed by atoms with van der Waals surface area (Å²) in [6.07, 6.45) is 0. The van der Waals surface area contributed by atoms with Gasteiger partial charge in [0.05, 0.1) is 22.1 Å². The van der Waals surface area contributed by atoms with E-state index in [0.717, 1.165) is 33.3 Å². The van der Waals surface area contributed by atoms with Gasteiger partial charge in [0.1, 0.15) is 11.2 Å². The van der Waals surface area contributed by atoms with Crippen LogP contribution in [0.15, 0.2) is 162 Å². The summed E-state index contributed by atoms with van der Waals surface area (Å²) in [5, 5.41) is 7.26. The first-order valence-corrected chi connectivity index (χ1v) is 15.4. The van der Waals surface area contributed by atoms with E-state index in [2.05, 4.69) is 155 Å². The number of fused-ring (bicyclic) bond motifs is 9. The van der Waals surface area contributed by atoms with Gasteiger partial charge in [0.15, 0.2) is 0 Å². The van der Waals surface area contributed by atoms with E-state index in [4.69, 9.17) is 4.42 Å². The molecule has 0 bridgehead atoms. The van der Waals surface area contributed by atoms with Crippen LogP contribution in [0.4, 0.5) is 0 Å². The van der Waals surface area contributed by atoms with Crippen LogP contribution in [0.2, 0.25) is 0 Å². The molecule has 0 radical (unpaired) electrons. The molecule has 0 fully saturated rings. The molecule has 0 atom stereocenters. The maximum atomic E-state index is 6.33. The van der Waals surface area contributed by atoms with E-state index in [-0.39, 0.29) is 0 Å². The SMILES string of the molecule is c1ccc(-c2cccc(-n3c4ccccc4c4cc5c6ccccc6n(-c6ccc7c(c6)oc6ccccc67)c5cc43)c2)cc1. The molecule has 0 saturated heterocycles. The summed E-state index contributed by atoms with van der Waals surface area (Å²) >= 11 is 0. The van der Waals surface area contributed by atoms with Crippen molar-refractivity contribution in [2.45, 2.75) is 0 Å². The van der Waals surface area contributed by atoms with Crippen molar-refractivity contribution in [1.82, 2.24) is 9.13 Å². The van der Waals surface area contributed by atoms with Gasteiger partial charge >= 0.3 is 0 Å². The first-order chi connectivity index (χ1) is 22.3. The lowest BCUT2D eigenvalue weighted by molar-refractivity contribution is 0.668. The molecule has 0 spiro atoms. The zero-order chi connectivity index (χ0) is 29.5. The predicted molar refractivity (Wildman–Crippen MR) is 188 cm³/mol. The summed E-state index contributed by atoms with van der Waals surface area (Å²) in [7, 11) is 0. The van der Waals surface area contributed by atoms with Crippen molar-refractivity contribution in [2.75, 3.05) is 0 Å². The van der Waals surface area contributed by atoms with Crippen molar-refractivity contribution >= 4 is 65.6 Å². The number of nitrogens with zero attached hydrogens (tertiary/aromatic N) is 2. The lowest BCUT2D eigenvalue weighted by atomic mass is 10.1. The third kappa shape index (κ3) is 3.52. The molecule has 3 aromatic heterocycles. The second-order valence-corrected chi connectivity index (χ2v) is 11.8. The molecule has 3 nitrogen and oxygen atoms in total. The fourth-order valence-electron chi connectivity index (χ4n) is 7.30. The highest BCUT2D eigenvalue weighted by atomic mass is 16.3. The van der Waals surface area contributed by atoms with Crippen LogP contribution in [-0.2, 0) is 0 Å². The summed E-state index contributed by atoms with van der Waals surface area (Å²) in [6.45, 7) is 0. The predicted octanol–water partition coefficient (Wildman–Crippen LogP) is 11.4. The van der Waals surface area contributed by atoms with Gasteiger partial charge in [0.2, 0.25) is 0 Å². The fourth-order valence-corrected chi connectivity index (χ4v) is 7.30. The van der Waals surface area contributed by atoms with Crippen molar-refractivity contribution < 1.29 is 4.42 Å². The van der Waals surface area contributed by atoms with E-state index in [1.807, 2.05) is 12.1 Å². The summed E-state index contributed by atoms with van der Waals surface area (Å²) in [6, 6.07) is 56.6. The van der Waals surface area contributed by atoms with Crippen LogP contribution in [0.25, 0.3) is 88.1 Å². The molecule has 7 aromatic carbocycles. The Labute approximate surface area is 258 Å². The van der Waals surface area contributed by atoms with E-state index >= 15 is 0 Å². The van der Waals surface area contributed by atoms with Crippen LogP contribution in [0.1, 0.15) is 0 Å². The number of furan rings is 1. The van der Waals surface area contributed by atoms with Crippen molar-refractivity contribution in [1.29, 1.82) is 0 Å². The van der Waals surface area contributed by atoms with Crippen LogP contribution in [0, 0.1) is 0 Å². The Morgan fingerprint density at radius 2 is 0.889 bits per heavy atom. The highest BCUT2D eigenvalue weighted by Gasteiger charge is 2.19. The molecular formula is C42H26N2O. The Morgan fingerprint density at radius 3 is 1.62 bits per heavy atom. The standard InChI is InChI=1S/C42H26N2O/c1-2-11-27(12-3-1)28-13-10-14-29(23-28)43-37-18-7-4-15-31(37)35-25-36-32-16-5-8-19-38(32)44(40(36)26-39(35)43)30-21-22-34-33-17-6-9-20-41(33)45-42(34)24-30/h1-26H. The maximum Gasteiger partial charge on any atom is 0.137 e. The number of hydrogen-bond donors (Lipinski definition) is 0. The maximum absolute atomic E-state index is 6.33. The summed E-state index contributed by atoms with van der Waals surface area (Å²) in [5.41, 5.74) is 11.2. The zero-order valence-corrected chi connectivity index (χ0v) is 24.3. The molecule has 0 aliphatic rings. The van der Waals surface area contributed by atoms with Crippen LogP contribution in [0.5, 0.6) is 0 Å². The number of hydrogen-bond acceptors (Lipinski definition) is 1. The number of benzene rings is 7. The first kappa shape index (κ1) is 24.4. The molecule has 0 N–H and O–H groups in total. The first-order valence-electron chi connectivity index (χ1n) is 15.4. The van der Waals surface area contributed by atoms with Crippen molar-refractivity contribution in [2.24, 2.45) is 0 Å². The van der Waals surface area contributed by atoms with E-state index < -0.39 is 0 Å². The van der Waals surface area contributed by atoms with Gasteiger partial charge in [-0.3, -0.25) is 0 Å². The van der Waals surface area contributed by atoms with Gasteiger partial charge in [0.25, 0.3) is 0 Å². The molecule has 210 valence electrons. The van der Waals surface area contributed by atoms with Gasteiger partial charge < -0.3 is 13.6 Å². The third-order valence-electron chi connectivity index (χ3n) is 9.30. The smallest absolute Gasteiger partial charge is 0.137 e. The Kier molecular flexibility index (Phi) is 5.00. The molecule has 10 aromatic rings. The number of para-hydroxylation sites is 3. The van der Waals surface area contributed by atoms with Crippen LogP contribution < -0.4 is 0 Å². The molecule has 0 aliphatic heterocycles. The summed E-state index contributed by atoms with van der Waals surface area (Å²) < 4.78 is 11.1. The molecule has 3 heteroatoms. The molecule has 3 heterocycles. The normalized spacial score (nSPS) is 12.0. The monoisotopic (exact) mass is 574 g/mol. The Bertz CT molecular complexity index is 2760. The summed E-state index contributed by atoms with van der Waals surface area (Å²) in [4.78, 5) is 0. The third-order valence-corrected chi connectivity index (χ3v) is 9.30. The van der Waals surface area contributed by atoms with Gasteiger partial charge in [-0.15, -0.1) is 0 Å². The molecule has 10 rings (SSSR count). The van der Waals surface area contributed by atoms with Crippen LogP contribution in [-0.4, -0.2) is 9.13 Å². The minimum atomic E-state index is 0.896. The molecule has 0 saturated carbocycles. The Morgan fingerprint density at radius 1 is 0.311 bits per heavy atom. The quantitative estimate of drug-likeness (QED) is 0.206. The minimum Gasteiger partial charge on any atom is -0.456 e. The van der Waals surface area contributed by atoms with E-state index in [9.17, 15) is 0 Å². The summed E-state index contributed by atoms with van der Waals surface area (Å²) in [5.74, 6) is 0. The number of rotatable bonds is 3. The van der Waals surface area contributed by atoms with E-state index in [1.54, 1.807) is 0 Å².